The molecule has 0 unspecified atom stereocenters. The summed E-state index contributed by atoms with van der Waals surface area (Å²) in [6.45, 7) is 11.3. The van der Waals surface area contributed by atoms with Gasteiger partial charge in [0.2, 0.25) is 11.8 Å². The third kappa shape index (κ3) is 7.84. The molecule has 0 bridgehead atoms. The van der Waals surface area contributed by atoms with Crippen molar-refractivity contribution in [2.45, 2.75) is 90.1 Å². The van der Waals surface area contributed by atoms with Gasteiger partial charge in [0.1, 0.15) is 17.7 Å². The number of β-amino-alcohol motifs (C(OH)–C–C–N with tert-alkyl or cyclic N) is 1. The lowest BCUT2D eigenvalue weighted by atomic mass is 9.96. The molecular weight excluding hydrogens is 699 g/mol. The second-order valence-corrected chi connectivity index (χ2v) is 16.0. The molecule has 7 rings (SSSR count). The summed E-state index contributed by atoms with van der Waals surface area (Å²) in [4.78, 5) is 59.1. The summed E-state index contributed by atoms with van der Waals surface area (Å²) in [6, 6.07) is 12.3. The van der Waals surface area contributed by atoms with Gasteiger partial charge in [-0.25, -0.2) is 14.8 Å². The minimum atomic E-state index is -0.805. The Kier molecular flexibility index (Phi) is 10.7. The normalized spacial score (nSPS) is 23.4. The number of ether oxygens (including phenoxy) is 2. The number of nitrogens with one attached hydrogen (secondary N) is 3. The van der Waals surface area contributed by atoms with Crippen LogP contribution in [0.4, 0.5) is 4.79 Å². The van der Waals surface area contributed by atoms with Crippen LogP contribution < -0.4 is 5.32 Å². The van der Waals surface area contributed by atoms with Crippen LogP contribution in [0.15, 0.2) is 48.7 Å². The minimum absolute atomic E-state index is 0.0895. The van der Waals surface area contributed by atoms with Gasteiger partial charge in [0.05, 0.1) is 60.4 Å². The zero-order valence-corrected chi connectivity index (χ0v) is 32.4. The first-order valence-corrected chi connectivity index (χ1v) is 19.3. The Labute approximate surface area is 321 Å². The van der Waals surface area contributed by atoms with Crippen molar-refractivity contribution < 1.29 is 29.0 Å². The molecule has 0 aliphatic carbocycles. The van der Waals surface area contributed by atoms with Gasteiger partial charge in [-0.15, -0.1) is 0 Å². The highest BCUT2D eigenvalue weighted by Crippen LogP contribution is 2.45. The van der Waals surface area contributed by atoms with Crippen molar-refractivity contribution in [2.24, 2.45) is 17.8 Å². The van der Waals surface area contributed by atoms with Gasteiger partial charge in [-0.2, -0.15) is 0 Å². The Morgan fingerprint density at radius 3 is 2.40 bits per heavy atom. The number of alkyl carbamates (subject to hydrolysis) is 1. The Morgan fingerprint density at radius 1 is 0.964 bits per heavy atom. The molecule has 13 heteroatoms. The van der Waals surface area contributed by atoms with Crippen LogP contribution in [-0.2, 0) is 19.1 Å². The van der Waals surface area contributed by atoms with Crippen LogP contribution in [0.5, 0.6) is 0 Å². The second-order valence-electron chi connectivity index (χ2n) is 16.0. The van der Waals surface area contributed by atoms with Gasteiger partial charge >= 0.3 is 6.09 Å². The molecule has 3 amide bonds. The summed E-state index contributed by atoms with van der Waals surface area (Å²) in [5, 5.41) is 13.2. The van der Waals surface area contributed by atoms with E-state index < -0.39 is 24.3 Å². The molecule has 0 radical (unpaired) electrons. The molecule has 1 spiro atoms. The molecule has 290 valence electrons. The maximum atomic E-state index is 13.6. The van der Waals surface area contributed by atoms with Gasteiger partial charge in [-0.3, -0.25) is 9.59 Å². The molecule has 0 saturated carbocycles. The van der Waals surface area contributed by atoms with Crippen LogP contribution in [0.25, 0.3) is 22.3 Å². The summed E-state index contributed by atoms with van der Waals surface area (Å²) in [5.74, 6) is 7.70. The summed E-state index contributed by atoms with van der Waals surface area (Å²) in [6.07, 6.45) is 3.35. The van der Waals surface area contributed by atoms with E-state index in [1.54, 1.807) is 11.1 Å². The van der Waals surface area contributed by atoms with Crippen molar-refractivity contribution >= 4 is 28.9 Å². The first-order chi connectivity index (χ1) is 26.3. The molecular formula is C42H51N7O6. The highest BCUT2D eigenvalue weighted by molar-refractivity contribution is 5.86. The smallest absolute Gasteiger partial charge is 0.407 e. The summed E-state index contributed by atoms with van der Waals surface area (Å²) in [7, 11) is 1.25. The van der Waals surface area contributed by atoms with E-state index in [1.807, 2.05) is 68.1 Å². The standard InChI is InChI=1S/C42H51N7O6/c1-24(2)26(5)39(51)49-23-42(16-7-17-55-42)20-35(49)38-44-31-15-12-28(18-32(31)45-38)9-8-27-10-13-29(14-11-27)33-21-43-37(46-33)34-19-30(50)22-48(34)40(52)36(25(3)4)47-41(53)54-6/h10-15,18,21,24-26,30,34-36,50H,7,16-17,19-20,22-23H2,1-6H3,(H,43,46)(H,44,45)(H,47,53)/t26-,30-,34-,35-,36-,42-/m0/s1. The number of benzene rings is 2. The number of nitrogens with zero attached hydrogens (tertiary/aromatic N) is 4. The number of aliphatic hydroxyl groups is 1. The van der Waals surface area contributed by atoms with Crippen LogP contribution in [-0.4, -0.2) is 97.3 Å². The molecule has 6 atom stereocenters. The third-order valence-electron chi connectivity index (χ3n) is 11.5. The van der Waals surface area contributed by atoms with E-state index in [4.69, 9.17) is 14.5 Å². The largest absolute Gasteiger partial charge is 0.453 e. The van der Waals surface area contributed by atoms with Crippen LogP contribution in [0.2, 0.25) is 0 Å². The fourth-order valence-electron chi connectivity index (χ4n) is 8.00. The lowest BCUT2D eigenvalue weighted by Gasteiger charge is -2.29. The van der Waals surface area contributed by atoms with Crippen LogP contribution >= 0.6 is 0 Å². The van der Waals surface area contributed by atoms with Gasteiger partial charge in [-0.1, -0.05) is 58.6 Å². The predicted octanol–water partition coefficient (Wildman–Crippen LogP) is 5.48. The lowest BCUT2D eigenvalue weighted by molar-refractivity contribution is -0.138. The maximum Gasteiger partial charge on any atom is 0.407 e. The zero-order chi connectivity index (χ0) is 39.0. The molecule has 13 nitrogen and oxygen atoms in total. The van der Waals surface area contributed by atoms with Crippen molar-refractivity contribution in [1.82, 2.24) is 35.1 Å². The number of aromatic amines is 2. The maximum absolute atomic E-state index is 13.6. The Balaban J connectivity index is 1.05. The molecule has 3 saturated heterocycles. The molecule has 55 heavy (non-hydrogen) atoms. The van der Waals surface area contributed by atoms with E-state index in [9.17, 15) is 19.5 Å². The van der Waals surface area contributed by atoms with Crippen molar-refractivity contribution in [2.75, 3.05) is 26.8 Å². The molecule has 3 fully saturated rings. The van der Waals surface area contributed by atoms with Gasteiger partial charge in [0.25, 0.3) is 0 Å². The predicted molar refractivity (Wildman–Crippen MR) is 206 cm³/mol. The van der Waals surface area contributed by atoms with Gasteiger partial charge in [-0.05, 0) is 60.6 Å². The Bertz CT molecular complexity index is 2100. The minimum Gasteiger partial charge on any atom is -0.453 e. The average Bonchev–Trinajstić information content (AvgIpc) is 4.03. The average molecular weight is 750 g/mol. The van der Waals surface area contributed by atoms with Gasteiger partial charge < -0.3 is 39.7 Å². The van der Waals surface area contributed by atoms with Crippen molar-refractivity contribution in [3.8, 4) is 23.1 Å². The number of imidazole rings is 2. The number of likely N-dealkylation sites (tertiary alicyclic amines) is 2. The van der Waals surface area contributed by atoms with Gasteiger partial charge in [0, 0.05) is 43.0 Å². The topological polar surface area (TPSA) is 166 Å². The Hall–Kier alpha value is -5.19. The number of hydrogen-bond acceptors (Lipinski definition) is 8. The number of carbonyl (C=O) groups is 3. The molecule has 3 aliphatic heterocycles. The van der Waals surface area contributed by atoms with Crippen LogP contribution in [0.3, 0.4) is 0 Å². The molecule has 4 N–H and O–H groups in total. The SMILES string of the molecule is COC(=O)N[C@H](C(=O)N1C[C@@H](O)C[C@H]1c1ncc(-c2ccc(C#Cc3ccc4nc([C@@H]5C[C@@]6(CCCO6)CN5C(=O)[C@@H](C)C(C)C)[nH]c4c3)cc2)[nH]1)C(C)C. The second kappa shape index (κ2) is 15.5. The molecule has 2 aromatic heterocycles. The number of amides is 3. The van der Waals surface area contributed by atoms with E-state index in [-0.39, 0.29) is 47.8 Å². The number of rotatable bonds is 8. The first-order valence-electron chi connectivity index (χ1n) is 19.3. The molecule has 3 aliphatic rings. The lowest BCUT2D eigenvalue weighted by Crippen LogP contribution is -2.51. The van der Waals surface area contributed by atoms with Crippen molar-refractivity contribution in [3.63, 3.8) is 0 Å². The third-order valence-corrected chi connectivity index (χ3v) is 11.5. The van der Waals surface area contributed by atoms with Crippen LogP contribution in [0.1, 0.15) is 95.2 Å². The highest BCUT2D eigenvalue weighted by Gasteiger charge is 2.50. The van der Waals surface area contributed by atoms with Gasteiger partial charge in [0.15, 0.2) is 0 Å². The number of hydrogen-bond donors (Lipinski definition) is 4. The van der Waals surface area contributed by atoms with Crippen LogP contribution in [0, 0.1) is 29.6 Å². The zero-order valence-electron chi connectivity index (χ0n) is 32.4. The number of H-pyrrole nitrogens is 2. The summed E-state index contributed by atoms with van der Waals surface area (Å²) >= 11 is 0. The molecule has 5 heterocycles. The van der Waals surface area contributed by atoms with E-state index in [1.165, 1.54) is 7.11 Å². The summed E-state index contributed by atoms with van der Waals surface area (Å²) < 4.78 is 11.0. The fraction of sp³-hybridized carbons (Fsp3) is 0.500. The van der Waals surface area contributed by atoms with E-state index in [2.05, 4.69) is 46.0 Å². The van der Waals surface area contributed by atoms with E-state index in [0.717, 1.165) is 65.1 Å². The summed E-state index contributed by atoms with van der Waals surface area (Å²) in [5.41, 5.74) is 4.75. The van der Waals surface area contributed by atoms with E-state index in [0.29, 0.717) is 18.8 Å². The number of aromatic nitrogens is 4. The first kappa shape index (κ1) is 38.1. The number of methoxy groups -OCH3 is 1. The van der Waals surface area contributed by atoms with E-state index >= 15 is 0 Å². The Morgan fingerprint density at radius 2 is 1.71 bits per heavy atom. The number of aliphatic hydroxyl groups excluding tert-OH is 1. The monoisotopic (exact) mass is 749 g/mol. The quantitative estimate of drug-likeness (QED) is 0.172. The molecule has 4 aromatic rings. The fourth-order valence-corrected chi connectivity index (χ4v) is 8.00. The number of carbonyl (C=O) groups excluding carboxylic acids is 3. The highest BCUT2D eigenvalue weighted by atomic mass is 16.5. The molecule has 2 aromatic carbocycles. The van der Waals surface area contributed by atoms with Crippen molar-refractivity contribution in [3.05, 3.63) is 71.4 Å². The number of fused-ring (bicyclic) bond motifs is 1. The van der Waals surface area contributed by atoms with Crippen molar-refractivity contribution in [1.29, 1.82) is 0 Å².